The molecule has 0 saturated heterocycles. The van der Waals surface area contributed by atoms with E-state index in [-0.39, 0.29) is 0 Å². The van der Waals surface area contributed by atoms with Crippen LogP contribution < -0.4 is 14.5 Å². The number of sulfonamides is 1. The number of rotatable bonds is 8. The summed E-state index contributed by atoms with van der Waals surface area (Å²) in [6.45, 7) is 1.96. The summed E-state index contributed by atoms with van der Waals surface area (Å²) in [5.74, 6) is 0.0474. The average molecular weight is 410 g/mol. The lowest BCUT2D eigenvalue weighted by Crippen LogP contribution is -2.39. The van der Waals surface area contributed by atoms with Crippen molar-refractivity contribution < 1.29 is 17.9 Å². The van der Waals surface area contributed by atoms with Crippen molar-refractivity contribution in [3.63, 3.8) is 0 Å². The highest BCUT2D eigenvalue weighted by atomic mass is 35.5. The summed E-state index contributed by atoms with van der Waals surface area (Å²) < 4.78 is 30.5. The van der Waals surface area contributed by atoms with E-state index in [9.17, 15) is 13.2 Å². The van der Waals surface area contributed by atoms with Crippen molar-refractivity contribution in [3.05, 3.63) is 59.1 Å². The van der Waals surface area contributed by atoms with Crippen LogP contribution in [0.2, 0.25) is 5.02 Å². The molecule has 0 aromatic heterocycles. The minimum absolute atomic E-state index is 0.359. The summed E-state index contributed by atoms with van der Waals surface area (Å²) in [6, 6.07) is 13.3. The van der Waals surface area contributed by atoms with Crippen molar-refractivity contribution in [1.29, 1.82) is 0 Å². The molecular formula is C18H20ClN3O4S. The van der Waals surface area contributed by atoms with E-state index in [4.69, 9.17) is 16.3 Å². The fourth-order valence-electron chi connectivity index (χ4n) is 2.17. The SMILES string of the molecule is CCOc1ccc(N(CC(=O)N/N=C\c2ccc(Cl)cc2)S(C)(=O)=O)cc1. The van der Waals surface area contributed by atoms with Crippen LogP contribution in [0, 0.1) is 0 Å². The van der Waals surface area contributed by atoms with E-state index >= 15 is 0 Å². The van der Waals surface area contributed by atoms with Crippen LogP contribution in [0.4, 0.5) is 5.69 Å². The first-order valence-electron chi connectivity index (χ1n) is 8.07. The molecule has 2 rings (SSSR count). The van der Waals surface area contributed by atoms with Crippen LogP contribution in [0.5, 0.6) is 5.75 Å². The summed E-state index contributed by atoms with van der Waals surface area (Å²) in [5, 5.41) is 4.42. The summed E-state index contributed by atoms with van der Waals surface area (Å²) >= 11 is 5.80. The molecule has 0 heterocycles. The number of nitrogens with one attached hydrogen (secondary N) is 1. The van der Waals surface area contributed by atoms with E-state index in [1.807, 2.05) is 6.92 Å². The van der Waals surface area contributed by atoms with Gasteiger partial charge in [0.1, 0.15) is 12.3 Å². The number of benzene rings is 2. The summed E-state index contributed by atoms with van der Waals surface area (Å²) in [6.07, 6.45) is 2.48. The van der Waals surface area contributed by atoms with E-state index in [1.54, 1.807) is 48.5 Å². The Hall–Kier alpha value is -2.58. The van der Waals surface area contributed by atoms with E-state index in [2.05, 4.69) is 10.5 Å². The van der Waals surface area contributed by atoms with Gasteiger partial charge < -0.3 is 4.74 Å². The van der Waals surface area contributed by atoms with Gasteiger partial charge in [0, 0.05) is 5.02 Å². The van der Waals surface area contributed by atoms with E-state index in [0.29, 0.717) is 23.1 Å². The van der Waals surface area contributed by atoms with Gasteiger partial charge in [-0.05, 0) is 48.9 Å². The Morgan fingerprint density at radius 3 is 2.37 bits per heavy atom. The molecule has 0 unspecified atom stereocenters. The summed E-state index contributed by atoms with van der Waals surface area (Å²) in [4.78, 5) is 12.1. The van der Waals surface area contributed by atoms with Crippen molar-refractivity contribution in [3.8, 4) is 5.75 Å². The van der Waals surface area contributed by atoms with Crippen molar-refractivity contribution in [2.75, 3.05) is 23.7 Å². The molecule has 7 nitrogen and oxygen atoms in total. The van der Waals surface area contributed by atoms with Crippen LogP contribution in [0.3, 0.4) is 0 Å². The van der Waals surface area contributed by atoms with Gasteiger partial charge in [-0.2, -0.15) is 5.10 Å². The molecule has 0 radical (unpaired) electrons. The van der Waals surface area contributed by atoms with E-state index in [0.717, 1.165) is 16.1 Å². The number of carbonyl (C=O) groups excluding carboxylic acids is 1. The predicted molar refractivity (Wildman–Crippen MR) is 107 cm³/mol. The number of halogens is 1. The highest BCUT2D eigenvalue weighted by Gasteiger charge is 2.20. The van der Waals surface area contributed by atoms with Crippen LogP contribution in [-0.2, 0) is 14.8 Å². The minimum atomic E-state index is -3.65. The van der Waals surface area contributed by atoms with Gasteiger partial charge in [-0.25, -0.2) is 13.8 Å². The number of amides is 1. The standard InChI is InChI=1S/C18H20ClN3O4S/c1-3-26-17-10-8-16(9-11-17)22(27(2,24)25)13-18(23)21-20-12-14-4-6-15(19)7-5-14/h4-12H,3,13H2,1-2H3,(H,21,23)/b20-12-. The lowest BCUT2D eigenvalue weighted by atomic mass is 10.2. The molecule has 0 spiro atoms. The number of hydrogen-bond acceptors (Lipinski definition) is 5. The zero-order chi connectivity index (χ0) is 19.9. The molecule has 0 saturated carbocycles. The van der Waals surface area contributed by atoms with Crippen molar-refractivity contribution >= 4 is 39.4 Å². The Labute approximate surface area is 163 Å². The quantitative estimate of drug-likeness (QED) is 0.536. The van der Waals surface area contributed by atoms with Gasteiger partial charge in [0.15, 0.2) is 0 Å². The lowest BCUT2D eigenvalue weighted by Gasteiger charge is -2.21. The molecule has 0 bridgehead atoms. The van der Waals surface area contributed by atoms with Crippen molar-refractivity contribution in [2.45, 2.75) is 6.92 Å². The molecule has 1 amide bonds. The van der Waals surface area contributed by atoms with Crippen LogP contribution >= 0.6 is 11.6 Å². The molecule has 0 fully saturated rings. The van der Waals surface area contributed by atoms with Gasteiger partial charge in [0.2, 0.25) is 10.0 Å². The van der Waals surface area contributed by atoms with Crippen molar-refractivity contribution in [1.82, 2.24) is 5.43 Å². The monoisotopic (exact) mass is 409 g/mol. The van der Waals surface area contributed by atoms with E-state index in [1.165, 1.54) is 6.21 Å². The molecule has 0 aliphatic carbocycles. The maximum absolute atomic E-state index is 12.1. The molecule has 1 N–H and O–H groups in total. The third kappa shape index (κ3) is 6.58. The second-order valence-electron chi connectivity index (χ2n) is 5.54. The van der Waals surface area contributed by atoms with Gasteiger partial charge in [-0.3, -0.25) is 9.10 Å². The first kappa shape index (κ1) is 20.7. The van der Waals surface area contributed by atoms with Crippen LogP contribution in [0.1, 0.15) is 12.5 Å². The second-order valence-corrected chi connectivity index (χ2v) is 7.88. The molecule has 0 aliphatic heterocycles. The zero-order valence-corrected chi connectivity index (χ0v) is 16.5. The highest BCUT2D eigenvalue weighted by Crippen LogP contribution is 2.21. The normalized spacial score (nSPS) is 11.4. The molecule has 0 atom stereocenters. The molecule has 0 aliphatic rings. The van der Waals surface area contributed by atoms with Crippen LogP contribution in [0.25, 0.3) is 0 Å². The fraction of sp³-hybridized carbons (Fsp3) is 0.222. The predicted octanol–water partition coefficient (Wildman–Crippen LogP) is 2.66. The molecule has 2 aromatic carbocycles. The van der Waals surface area contributed by atoms with Gasteiger partial charge >= 0.3 is 0 Å². The first-order valence-corrected chi connectivity index (χ1v) is 10.3. The van der Waals surface area contributed by atoms with Gasteiger partial charge in [-0.15, -0.1) is 0 Å². The zero-order valence-electron chi connectivity index (χ0n) is 14.9. The molecule has 2 aromatic rings. The Bertz CT molecular complexity index is 897. The maximum Gasteiger partial charge on any atom is 0.260 e. The number of nitrogens with zero attached hydrogens (tertiary/aromatic N) is 2. The van der Waals surface area contributed by atoms with Gasteiger partial charge in [0.25, 0.3) is 5.91 Å². The Morgan fingerprint density at radius 2 is 1.81 bits per heavy atom. The van der Waals surface area contributed by atoms with Crippen LogP contribution in [-0.4, -0.2) is 39.9 Å². The minimum Gasteiger partial charge on any atom is -0.494 e. The van der Waals surface area contributed by atoms with Crippen molar-refractivity contribution in [2.24, 2.45) is 5.10 Å². The summed E-state index contributed by atoms with van der Waals surface area (Å²) in [5.41, 5.74) is 3.42. The number of anilines is 1. The molecular weight excluding hydrogens is 390 g/mol. The first-order chi connectivity index (χ1) is 12.8. The third-order valence-electron chi connectivity index (χ3n) is 3.40. The Morgan fingerprint density at radius 1 is 1.19 bits per heavy atom. The third-order valence-corrected chi connectivity index (χ3v) is 4.79. The van der Waals surface area contributed by atoms with E-state index < -0.39 is 22.5 Å². The topological polar surface area (TPSA) is 88.1 Å². The second kappa shape index (κ2) is 9.38. The fourth-order valence-corrected chi connectivity index (χ4v) is 3.15. The summed E-state index contributed by atoms with van der Waals surface area (Å²) in [7, 11) is -3.65. The number of ether oxygens (including phenoxy) is 1. The lowest BCUT2D eigenvalue weighted by molar-refractivity contribution is -0.119. The Balaban J connectivity index is 2.05. The van der Waals surface area contributed by atoms with Gasteiger partial charge in [0.05, 0.1) is 24.8 Å². The highest BCUT2D eigenvalue weighted by molar-refractivity contribution is 7.92. The molecule has 27 heavy (non-hydrogen) atoms. The van der Waals surface area contributed by atoms with Crippen LogP contribution in [0.15, 0.2) is 53.6 Å². The smallest absolute Gasteiger partial charge is 0.260 e. The largest absolute Gasteiger partial charge is 0.494 e. The Kier molecular flexibility index (Phi) is 7.20. The number of hydrogen-bond donors (Lipinski definition) is 1. The average Bonchev–Trinajstić information content (AvgIpc) is 2.62. The molecule has 144 valence electrons. The van der Waals surface area contributed by atoms with Gasteiger partial charge in [-0.1, -0.05) is 23.7 Å². The number of carbonyl (C=O) groups is 1. The molecule has 9 heteroatoms. The number of hydrazone groups is 1. The maximum atomic E-state index is 12.1.